The summed E-state index contributed by atoms with van der Waals surface area (Å²) in [4.78, 5) is 23.3. The van der Waals surface area contributed by atoms with Gasteiger partial charge in [0.05, 0.1) is 6.42 Å². The molecule has 0 aliphatic carbocycles. The molecule has 0 bridgehead atoms. The molecule has 4 nitrogen and oxygen atoms in total. The van der Waals surface area contributed by atoms with Gasteiger partial charge in [0.2, 0.25) is 5.91 Å². The largest absolute Gasteiger partial charge is 0.426 e. The van der Waals surface area contributed by atoms with Crippen molar-refractivity contribution in [3.8, 4) is 5.75 Å². The molecule has 0 saturated carbocycles. The van der Waals surface area contributed by atoms with Crippen LogP contribution in [-0.2, 0) is 9.59 Å². The molecule has 0 aliphatic heterocycles. The number of carbonyl (C=O) groups excluding carboxylic acids is 2. The van der Waals surface area contributed by atoms with E-state index in [0.717, 1.165) is 0 Å². The molecule has 0 heterocycles. The first-order chi connectivity index (χ1) is 9.70. The average molecular weight is 291 g/mol. The lowest BCUT2D eigenvalue weighted by atomic mass is 9.96. The van der Waals surface area contributed by atoms with Crippen molar-refractivity contribution in [3.63, 3.8) is 0 Å². The van der Waals surface area contributed by atoms with Crippen molar-refractivity contribution < 1.29 is 14.3 Å². The summed E-state index contributed by atoms with van der Waals surface area (Å²) < 4.78 is 5.23. The molecule has 1 aromatic rings. The average Bonchev–Trinajstić information content (AvgIpc) is 2.38. The fourth-order valence-corrected chi connectivity index (χ4v) is 1.65. The van der Waals surface area contributed by atoms with E-state index in [0.29, 0.717) is 18.2 Å². The Bertz CT molecular complexity index is 484. The van der Waals surface area contributed by atoms with E-state index in [1.54, 1.807) is 12.1 Å². The second kappa shape index (κ2) is 7.25. The maximum absolute atomic E-state index is 11.7. The van der Waals surface area contributed by atoms with Gasteiger partial charge in [0.25, 0.3) is 0 Å². The summed E-state index contributed by atoms with van der Waals surface area (Å²) in [5, 5.41) is 2.72. The molecule has 0 saturated heterocycles. The number of rotatable bonds is 5. The molecular weight excluding hydrogens is 266 g/mol. The maximum atomic E-state index is 11.7. The standard InChI is InChI=1S/C17H25NO3/c1-12(2)13-6-8-14(9-7-13)21-15(19)10-11-18-16(20)17(3,4)5/h6-9,12H,10-11H2,1-5H3,(H,18,20). The number of carbonyl (C=O) groups is 2. The quantitative estimate of drug-likeness (QED) is 0.669. The lowest BCUT2D eigenvalue weighted by Crippen LogP contribution is -2.36. The highest BCUT2D eigenvalue weighted by atomic mass is 16.5. The highest BCUT2D eigenvalue weighted by molar-refractivity contribution is 5.82. The highest BCUT2D eigenvalue weighted by Crippen LogP contribution is 2.18. The van der Waals surface area contributed by atoms with E-state index in [-0.39, 0.29) is 18.3 Å². The molecule has 1 rings (SSSR count). The van der Waals surface area contributed by atoms with Crippen molar-refractivity contribution in [1.29, 1.82) is 0 Å². The number of esters is 1. The van der Waals surface area contributed by atoms with Gasteiger partial charge in [0.1, 0.15) is 5.75 Å². The number of hydrogen-bond donors (Lipinski definition) is 1. The third-order valence-corrected chi connectivity index (χ3v) is 3.07. The molecule has 0 spiro atoms. The lowest BCUT2D eigenvalue weighted by Gasteiger charge is -2.17. The van der Waals surface area contributed by atoms with Gasteiger partial charge in [-0.05, 0) is 23.6 Å². The zero-order valence-electron chi connectivity index (χ0n) is 13.5. The zero-order valence-corrected chi connectivity index (χ0v) is 13.5. The van der Waals surface area contributed by atoms with Crippen LogP contribution in [0.2, 0.25) is 0 Å². The lowest BCUT2D eigenvalue weighted by molar-refractivity contribution is -0.134. The van der Waals surface area contributed by atoms with Gasteiger partial charge in [-0.15, -0.1) is 0 Å². The van der Waals surface area contributed by atoms with Crippen molar-refractivity contribution in [3.05, 3.63) is 29.8 Å². The van der Waals surface area contributed by atoms with Crippen LogP contribution in [0.3, 0.4) is 0 Å². The van der Waals surface area contributed by atoms with Gasteiger partial charge in [-0.1, -0.05) is 46.8 Å². The molecule has 0 atom stereocenters. The van der Waals surface area contributed by atoms with E-state index in [9.17, 15) is 9.59 Å². The Hall–Kier alpha value is -1.84. The van der Waals surface area contributed by atoms with Gasteiger partial charge in [0, 0.05) is 12.0 Å². The molecule has 0 aliphatic rings. The SMILES string of the molecule is CC(C)c1ccc(OC(=O)CCNC(=O)C(C)(C)C)cc1. The number of hydrogen-bond acceptors (Lipinski definition) is 3. The zero-order chi connectivity index (χ0) is 16.0. The van der Waals surface area contributed by atoms with Gasteiger partial charge < -0.3 is 10.1 Å². The first-order valence-electron chi connectivity index (χ1n) is 7.29. The molecule has 4 heteroatoms. The molecule has 0 unspecified atom stereocenters. The van der Waals surface area contributed by atoms with Crippen LogP contribution < -0.4 is 10.1 Å². The summed E-state index contributed by atoms with van der Waals surface area (Å²) in [7, 11) is 0. The minimum Gasteiger partial charge on any atom is -0.426 e. The molecule has 1 N–H and O–H groups in total. The number of benzene rings is 1. The molecule has 1 aromatic carbocycles. The summed E-state index contributed by atoms with van der Waals surface area (Å²) in [6, 6.07) is 7.49. The number of nitrogens with one attached hydrogen (secondary N) is 1. The van der Waals surface area contributed by atoms with Crippen LogP contribution in [0.25, 0.3) is 0 Å². The number of ether oxygens (including phenoxy) is 1. The fourth-order valence-electron chi connectivity index (χ4n) is 1.65. The molecule has 0 fully saturated rings. The van der Waals surface area contributed by atoms with Crippen LogP contribution in [0.5, 0.6) is 5.75 Å². The topological polar surface area (TPSA) is 55.4 Å². The summed E-state index contributed by atoms with van der Waals surface area (Å²) >= 11 is 0. The first kappa shape index (κ1) is 17.2. The molecule has 1 amide bonds. The van der Waals surface area contributed by atoms with Crippen molar-refractivity contribution in [2.75, 3.05) is 6.54 Å². The van der Waals surface area contributed by atoms with Crippen LogP contribution in [0, 0.1) is 5.41 Å². The van der Waals surface area contributed by atoms with Crippen LogP contribution in [0.15, 0.2) is 24.3 Å². The first-order valence-corrected chi connectivity index (χ1v) is 7.29. The molecule has 21 heavy (non-hydrogen) atoms. The van der Waals surface area contributed by atoms with Gasteiger partial charge >= 0.3 is 5.97 Å². The van der Waals surface area contributed by atoms with E-state index in [1.165, 1.54) is 5.56 Å². The normalized spacial score (nSPS) is 11.3. The Morgan fingerprint density at radius 2 is 1.71 bits per heavy atom. The minimum absolute atomic E-state index is 0.0726. The van der Waals surface area contributed by atoms with Gasteiger partial charge in [0.15, 0.2) is 0 Å². The van der Waals surface area contributed by atoms with Crippen LogP contribution in [0.4, 0.5) is 0 Å². The monoisotopic (exact) mass is 291 g/mol. The predicted molar refractivity (Wildman–Crippen MR) is 83.2 cm³/mol. The highest BCUT2D eigenvalue weighted by Gasteiger charge is 2.20. The second-order valence-corrected chi connectivity index (χ2v) is 6.45. The fraction of sp³-hybridized carbons (Fsp3) is 0.529. The van der Waals surface area contributed by atoms with Crippen molar-refractivity contribution in [2.24, 2.45) is 5.41 Å². The molecular formula is C17H25NO3. The van der Waals surface area contributed by atoms with Gasteiger partial charge in [-0.2, -0.15) is 0 Å². The number of amides is 1. The Balaban J connectivity index is 2.39. The van der Waals surface area contributed by atoms with E-state index in [2.05, 4.69) is 19.2 Å². The second-order valence-electron chi connectivity index (χ2n) is 6.45. The summed E-state index contributed by atoms with van der Waals surface area (Å²) in [6.45, 7) is 10.0. The van der Waals surface area contributed by atoms with E-state index in [4.69, 9.17) is 4.74 Å². The Labute approximate surface area is 126 Å². The minimum atomic E-state index is -0.448. The van der Waals surface area contributed by atoms with Crippen LogP contribution in [-0.4, -0.2) is 18.4 Å². The van der Waals surface area contributed by atoms with Crippen molar-refractivity contribution in [2.45, 2.75) is 47.0 Å². The van der Waals surface area contributed by atoms with E-state index >= 15 is 0 Å². The summed E-state index contributed by atoms with van der Waals surface area (Å²) in [5.41, 5.74) is 0.753. The maximum Gasteiger partial charge on any atom is 0.312 e. The smallest absolute Gasteiger partial charge is 0.312 e. The summed E-state index contributed by atoms with van der Waals surface area (Å²) in [5.74, 6) is 0.562. The summed E-state index contributed by atoms with van der Waals surface area (Å²) in [6.07, 6.45) is 0.160. The third-order valence-electron chi connectivity index (χ3n) is 3.07. The van der Waals surface area contributed by atoms with Crippen molar-refractivity contribution in [1.82, 2.24) is 5.32 Å². The van der Waals surface area contributed by atoms with Gasteiger partial charge in [-0.3, -0.25) is 9.59 Å². The third kappa shape index (κ3) is 5.98. The van der Waals surface area contributed by atoms with Gasteiger partial charge in [-0.25, -0.2) is 0 Å². The molecule has 116 valence electrons. The Kier molecular flexibility index (Phi) is 5.94. The van der Waals surface area contributed by atoms with Crippen LogP contribution >= 0.6 is 0 Å². The predicted octanol–water partition coefficient (Wildman–Crippen LogP) is 3.27. The Morgan fingerprint density at radius 3 is 2.19 bits per heavy atom. The van der Waals surface area contributed by atoms with Crippen LogP contribution in [0.1, 0.15) is 52.5 Å². The molecule has 0 aromatic heterocycles. The van der Waals surface area contributed by atoms with E-state index in [1.807, 2.05) is 32.9 Å². The van der Waals surface area contributed by atoms with E-state index < -0.39 is 5.41 Å². The Morgan fingerprint density at radius 1 is 1.14 bits per heavy atom. The molecule has 0 radical (unpaired) electrons. The van der Waals surface area contributed by atoms with Crippen molar-refractivity contribution >= 4 is 11.9 Å².